The maximum absolute atomic E-state index is 12.7. The molecule has 0 N–H and O–H groups in total. The number of carbonyl (C=O) groups excluding carboxylic acids is 1. The Hall–Kier alpha value is -3.45. The average Bonchev–Trinajstić information content (AvgIpc) is 3.08. The number of hydrogen-bond donors (Lipinski definition) is 0. The van der Waals surface area contributed by atoms with Crippen molar-refractivity contribution in [3.8, 4) is 11.3 Å². The molecule has 29 heavy (non-hydrogen) atoms. The lowest BCUT2D eigenvalue weighted by Crippen LogP contribution is -2.17. The molecule has 4 rings (SSSR count). The van der Waals surface area contributed by atoms with E-state index in [2.05, 4.69) is 10.1 Å². The van der Waals surface area contributed by atoms with Crippen LogP contribution in [0.1, 0.15) is 27.4 Å². The minimum absolute atomic E-state index is 0.162. The maximum Gasteiger partial charge on any atom is 0.344 e. The van der Waals surface area contributed by atoms with E-state index in [9.17, 15) is 9.59 Å². The Kier molecular flexibility index (Phi) is 4.90. The Morgan fingerprint density at radius 1 is 1.21 bits per heavy atom. The van der Waals surface area contributed by atoms with Crippen LogP contribution in [0.15, 0.2) is 58.0 Å². The van der Waals surface area contributed by atoms with Crippen LogP contribution in [-0.2, 0) is 11.3 Å². The van der Waals surface area contributed by atoms with Gasteiger partial charge in [0.2, 0.25) is 0 Å². The number of aromatic nitrogens is 3. The molecule has 0 bridgehead atoms. The molecule has 4 aromatic rings. The molecule has 0 spiro atoms. The van der Waals surface area contributed by atoms with Crippen LogP contribution in [0.3, 0.4) is 0 Å². The number of halogens is 1. The predicted octanol–water partition coefficient (Wildman–Crippen LogP) is 3.98. The molecule has 0 fully saturated rings. The summed E-state index contributed by atoms with van der Waals surface area (Å²) in [5.41, 5.74) is 2.58. The number of carbonyl (C=O) groups is 1. The lowest BCUT2D eigenvalue weighted by Gasteiger charge is -2.07. The number of fused-ring (bicyclic) bond motifs is 1. The van der Waals surface area contributed by atoms with Crippen molar-refractivity contribution in [2.24, 2.45) is 0 Å². The van der Waals surface area contributed by atoms with Gasteiger partial charge in [-0.3, -0.25) is 9.20 Å². The molecule has 3 aromatic heterocycles. The van der Waals surface area contributed by atoms with E-state index in [1.807, 2.05) is 13.0 Å². The maximum atomic E-state index is 12.7. The summed E-state index contributed by atoms with van der Waals surface area (Å²) in [4.78, 5) is 29.4. The Balaban J connectivity index is 1.61. The highest BCUT2D eigenvalue weighted by molar-refractivity contribution is 6.33. The molecule has 0 atom stereocenters. The van der Waals surface area contributed by atoms with Gasteiger partial charge < -0.3 is 9.26 Å². The zero-order valence-electron chi connectivity index (χ0n) is 15.7. The Morgan fingerprint density at radius 2 is 2.00 bits per heavy atom. The molecule has 0 aliphatic carbocycles. The van der Waals surface area contributed by atoms with Crippen molar-refractivity contribution in [1.29, 1.82) is 0 Å². The van der Waals surface area contributed by atoms with Crippen LogP contribution in [0.2, 0.25) is 5.02 Å². The van der Waals surface area contributed by atoms with Crippen molar-refractivity contribution in [1.82, 2.24) is 14.5 Å². The van der Waals surface area contributed by atoms with E-state index in [-0.39, 0.29) is 17.7 Å². The Morgan fingerprint density at radius 3 is 2.79 bits per heavy atom. The van der Waals surface area contributed by atoms with Gasteiger partial charge in [-0.05, 0) is 31.5 Å². The first-order valence-corrected chi connectivity index (χ1v) is 9.19. The summed E-state index contributed by atoms with van der Waals surface area (Å²) < 4.78 is 12.0. The molecule has 0 saturated carbocycles. The molecule has 1 aromatic carbocycles. The van der Waals surface area contributed by atoms with Crippen LogP contribution in [-0.4, -0.2) is 20.5 Å². The SMILES string of the molecule is Cc1ccc2nc(COC(=O)c3c(-c4ccccc4Cl)noc3C)cc(=O)n2c1. The molecule has 0 aliphatic rings. The summed E-state index contributed by atoms with van der Waals surface area (Å²) in [6.07, 6.45) is 1.71. The van der Waals surface area contributed by atoms with Gasteiger partial charge in [-0.15, -0.1) is 0 Å². The summed E-state index contributed by atoms with van der Waals surface area (Å²) in [6, 6.07) is 11.9. The highest BCUT2D eigenvalue weighted by Crippen LogP contribution is 2.31. The first-order valence-electron chi connectivity index (χ1n) is 8.81. The number of hydrogen-bond acceptors (Lipinski definition) is 6. The highest BCUT2D eigenvalue weighted by Gasteiger charge is 2.24. The van der Waals surface area contributed by atoms with E-state index in [1.165, 1.54) is 10.5 Å². The number of pyridine rings is 1. The monoisotopic (exact) mass is 409 g/mol. The second-order valence-corrected chi connectivity index (χ2v) is 6.95. The zero-order valence-corrected chi connectivity index (χ0v) is 16.4. The highest BCUT2D eigenvalue weighted by atomic mass is 35.5. The molecular formula is C21H16ClN3O4. The van der Waals surface area contributed by atoms with Crippen molar-refractivity contribution in [3.05, 3.63) is 86.6 Å². The van der Waals surface area contributed by atoms with E-state index in [0.29, 0.717) is 33.4 Å². The number of aryl methyl sites for hydroxylation is 2. The zero-order chi connectivity index (χ0) is 20.5. The quantitative estimate of drug-likeness (QED) is 0.474. The van der Waals surface area contributed by atoms with Crippen LogP contribution >= 0.6 is 11.6 Å². The summed E-state index contributed by atoms with van der Waals surface area (Å²) in [7, 11) is 0. The molecule has 0 saturated heterocycles. The molecule has 0 unspecified atom stereocenters. The van der Waals surface area contributed by atoms with Crippen molar-refractivity contribution >= 4 is 23.2 Å². The molecule has 146 valence electrons. The number of rotatable bonds is 4. The fraction of sp³-hybridized carbons (Fsp3) is 0.143. The second-order valence-electron chi connectivity index (χ2n) is 6.54. The third-order valence-electron chi connectivity index (χ3n) is 4.41. The smallest absolute Gasteiger partial charge is 0.344 e. The van der Waals surface area contributed by atoms with E-state index >= 15 is 0 Å². The van der Waals surface area contributed by atoms with E-state index in [1.54, 1.807) is 43.5 Å². The average molecular weight is 410 g/mol. The van der Waals surface area contributed by atoms with Crippen molar-refractivity contribution in [2.45, 2.75) is 20.5 Å². The van der Waals surface area contributed by atoms with Gasteiger partial charge >= 0.3 is 5.97 Å². The van der Waals surface area contributed by atoms with E-state index < -0.39 is 5.97 Å². The lowest BCUT2D eigenvalue weighted by molar-refractivity contribution is 0.0466. The van der Waals surface area contributed by atoms with Gasteiger partial charge in [0.1, 0.15) is 29.3 Å². The van der Waals surface area contributed by atoms with Crippen molar-refractivity contribution in [3.63, 3.8) is 0 Å². The lowest BCUT2D eigenvalue weighted by atomic mass is 10.1. The van der Waals surface area contributed by atoms with Crippen molar-refractivity contribution < 1.29 is 14.1 Å². The molecule has 7 nitrogen and oxygen atoms in total. The minimum atomic E-state index is -0.635. The first kappa shape index (κ1) is 18.9. The molecular weight excluding hydrogens is 394 g/mol. The van der Waals surface area contributed by atoms with Gasteiger partial charge in [0, 0.05) is 17.8 Å². The standard InChI is InChI=1S/C21H16ClN3O4/c1-12-7-8-17-23-14(9-18(26)25(17)10-12)11-28-21(27)19-13(2)29-24-20(19)15-5-3-4-6-16(15)22/h3-10H,11H2,1-2H3. The fourth-order valence-electron chi connectivity index (χ4n) is 2.99. The van der Waals surface area contributed by atoms with E-state index in [0.717, 1.165) is 5.56 Å². The predicted molar refractivity (Wildman–Crippen MR) is 107 cm³/mol. The molecule has 0 aliphatic heterocycles. The summed E-state index contributed by atoms with van der Waals surface area (Å²) in [6.45, 7) is 3.34. The molecule has 0 amide bonds. The van der Waals surface area contributed by atoms with Crippen LogP contribution in [0.5, 0.6) is 0 Å². The number of esters is 1. The van der Waals surface area contributed by atoms with Gasteiger partial charge in [0.05, 0.1) is 10.7 Å². The van der Waals surface area contributed by atoms with Crippen LogP contribution in [0.4, 0.5) is 0 Å². The third kappa shape index (κ3) is 3.64. The largest absolute Gasteiger partial charge is 0.455 e. The van der Waals surface area contributed by atoms with Crippen LogP contribution < -0.4 is 5.56 Å². The Labute approximate surface area is 170 Å². The van der Waals surface area contributed by atoms with Gasteiger partial charge in [-0.1, -0.05) is 41.0 Å². The minimum Gasteiger partial charge on any atom is -0.455 e. The van der Waals surface area contributed by atoms with Gasteiger partial charge in [-0.2, -0.15) is 0 Å². The van der Waals surface area contributed by atoms with Crippen LogP contribution in [0, 0.1) is 13.8 Å². The first-order chi connectivity index (χ1) is 13.9. The summed E-state index contributed by atoms with van der Waals surface area (Å²) in [5, 5.41) is 4.40. The molecule has 0 radical (unpaired) electrons. The number of nitrogens with zero attached hydrogens (tertiary/aromatic N) is 3. The third-order valence-corrected chi connectivity index (χ3v) is 4.74. The normalized spacial score (nSPS) is 11.0. The number of benzene rings is 1. The topological polar surface area (TPSA) is 86.7 Å². The fourth-order valence-corrected chi connectivity index (χ4v) is 3.22. The molecule has 3 heterocycles. The Bertz CT molecular complexity index is 1290. The summed E-state index contributed by atoms with van der Waals surface area (Å²) >= 11 is 6.22. The summed E-state index contributed by atoms with van der Waals surface area (Å²) in [5.74, 6) is -0.323. The van der Waals surface area contributed by atoms with Crippen LogP contribution in [0.25, 0.3) is 16.9 Å². The van der Waals surface area contributed by atoms with Gasteiger partial charge in [0.25, 0.3) is 5.56 Å². The second kappa shape index (κ2) is 7.52. The van der Waals surface area contributed by atoms with Gasteiger partial charge in [-0.25, -0.2) is 9.78 Å². The van der Waals surface area contributed by atoms with E-state index in [4.69, 9.17) is 20.9 Å². The molecule has 8 heteroatoms. The van der Waals surface area contributed by atoms with Gasteiger partial charge in [0.15, 0.2) is 0 Å². The van der Waals surface area contributed by atoms with Crippen molar-refractivity contribution in [2.75, 3.05) is 0 Å². The number of ether oxygens (including phenoxy) is 1.